The minimum Gasteiger partial charge on any atom is -0.390 e. The van der Waals surface area contributed by atoms with Crippen LogP contribution in [0.2, 0.25) is 0 Å². The average molecular weight is 198 g/mol. The van der Waals surface area contributed by atoms with E-state index in [4.69, 9.17) is 0 Å². The maximum atomic E-state index is 10.6. The number of aliphatic hydroxyl groups is 1. The van der Waals surface area contributed by atoms with Crippen molar-refractivity contribution in [2.24, 2.45) is 17.8 Å². The molecule has 1 N–H and O–H groups in total. The summed E-state index contributed by atoms with van der Waals surface area (Å²) in [6.45, 7) is 9.01. The largest absolute Gasteiger partial charge is 0.390 e. The van der Waals surface area contributed by atoms with Crippen molar-refractivity contribution in [3.05, 3.63) is 0 Å². The molecule has 0 bridgehead atoms. The Bertz CT molecular complexity index is 174. The third kappa shape index (κ3) is 2.31. The van der Waals surface area contributed by atoms with E-state index < -0.39 is 0 Å². The highest BCUT2D eigenvalue weighted by atomic mass is 16.3. The van der Waals surface area contributed by atoms with Crippen LogP contribution in [-0.2, 0) is 0 Å². The Labute approximate surface area is 88.9 Å². The molecule has 1 nitrogen and oxygen atoms in total. The standard InChI is InChI=1S/C13H26O/c1-5-12(6-2)13(14)8-7-10(3)11(4)9-13/h10-12,14H,5-9H2,1-4H3. The topological polar surface area (TPSA) is 20.2 Å². The van der Waals surface area contributed by atoms with E-state index in [9.17, 15) is 5.11 Å². The van der Waals surface area contributed by atoms with Gasteiger partial charge in [0.05, 0.1) is 5.60 Å². The molecular weight excluding hydrogens is 172 g/mol. The molecule has 1 fully saturated rings. The van der Waals surface area contributed by atoms with Gasteiger partial charge in [-0.05, 0) is 37.0 Å². The minimum atomic E-state index is -0.352. The van der Waals surface area contributed by atoms with Crippen LogP contribution in [0.4, 0.5) is 0 Å². The van der Waals surface area contributed by atoms with Gasteiger partial charge in [0.1, 0.15) is 0 Å². The lowest BCUT2D eigenvalue weighted by Crippen LogP contribution is -2.43. The van der Waals surface area contributed by atoms with E-state index in [0.29, 0.717) is 11.8 Å². The van der Waals surface area contributed by atoms with Crippen molar-refractivity contribution in [3.63, 3.8) is 0 Å². The van der Waals surface area contributed by atoms with Crippen LogP contribution in [0.3, 0.4) is 0 Å². The summed E-state index contributed by atoms with van der Waals surface area (Å²) in [5.41, 5.74) is -0.352. The van der Waals surface area contributed by atoms with Crippen LogP contribution in [-0.4, -0.2) is 10.7 Å². The molecule has 3 unspecified atom stereocenters. The summed E-state index contributed by atoms with van der Waals surface area (Å²) in [7, 11) is 0. The van der Waals surface area contributed by atoms with Crippen molar-refractivity contribution in [2.45, 2.75) is 65.4 Å². The number of rotatable bonds is 3. The summed E-state index contributed by atoms with van der Waals surface area (Å²) in [5.74, 6) is 2.00. The maximum absolute atomic E-state index is 10.6. The maximum Gasteiger partial charge on any atom is 0.0678 e. The van der Waals surface area contributed by atoms with Gasteiger partial charge in [-0.25, -0.2) is 0 Å². The Morgan fingerprint density at radius 3 is 2.21 bits per heavy atom. The van der Waals surface area contributed by atoms with Gasteiger partial charge in [0.25, 0.3) is 0 Å². The summed E-state index contributed by atoms with van der Waals surface area (Å²) in [5, 5.41) is 10.6. The molecule has 0 saturated heterocycles. The van der Waals surface area contributed by atoms with Gasteiger partial charge in [-0.2, -0.15) is 0 Å². The molecule has 0 heterocycles. The molecule has 0 aromatic rings. The van der Waals surface area contributed by atoms with Gasteiger partial charge in [-0.15, -0.1) is 0 Å². The fourth-order valence-corrected chi connectivity index (χ4v) is 3.04. The van der Waals surface area contributed by atoms with Crippen LogP contribution in [0.25, 0.3) is 0 Å². The first-order valence-electron chi connectivity index (χ1n) is 6.25. The lowest BCUT2D eigenvalue weighted by molar-refractivity contribution is -0.0770. The molecule has 0 aromatic heterocycles. The molecule has 0 amide bonds. The van der Waals surface area contributed by atoms with E-state index in [0.717, 1.165) is 31.6 Å². The fraction of sp³-hybridized carbons (Fsp3) is 1.00. The van der Waals surface area contributed by atoms with Gasteiger partial charge in [-0.3, -0.25) is 0 Å². The van der Waals surface area contributed by atoms with Crippen molar-refractivity contribution in [2.75, 3.05) is 0 Å². The van der Waals surface area contributed by atoms with Crippen LogP contribution in [0, 0.1) is 17.8 Å². The summed E-state index contributed by atoms with van der Waals surface area (Å²) < 4.78 is 0. The molecule has 0 aromatic carbocycles. The molecule has 84 valence electrons. The summed E-state index contributed by atoms with van der Waals surface area (Å²) in [6.07, 6.45) is 5.47. The first kappa shape index (κ1) is 12.0. The Hall–Kier alpha value is -0.0400. The Morgan fingerprint density at radius 2 is 1.79 bits per heavy atom. The highest BCUT2D eigenvalue weighted by Gasteiger charge is 2.40. The minimum absolute atomic E-state index is 0.352. The van der Waals surface area contributed by atoms with Crippen molar-refractivity contribution in [1.29, 1.82) is 0 Å². The predicted molar refractivity (Wildman–Crippen MR) is 61.2 cm³/mol. The first-order valence-corrected chi connectivity index (χ1v) is 6.25. The molecular formula is C13H26O. The molecule has 1 rings (SSSR count). The van der Waals surface area contributed by atoms with Gasteiger partial charge in [0.15, 0.2) is 0 Å². The van der Waals surface area contributed by atoms with Gasteiger partial charge < -0.3 is 5.11 Å². The third-order valence-corrected chi connectivity index (χ3v) is 4.42. The van der Waals surface area contributed by atoms with Crippen molar-refractivity contribution in [3.8, 4) is 0 Å². The van der Waals surface area contributed by atoms with Crippen LogP contribution in [0.5, 0.6) is 0 Å². The van der Waals surface area contributed by atoms with Gasteiger partial charge in [0.2, 0.25) is 0 Å². The lowest BCUT2D eigenvalue weighted by atomic mass is 9.67. The van der Waals surface area contributed by atoms with E-state index in [-0.39, 0.29) is 5.60 Å². The zero-order valence-corrected chi connectivity index (χ0v) is 10.2. The Morgan fingerprint density at radius 1 is 1.21 bits per heavy atom. The molecule has 1 aliphatic carbocycles. The highest BCUT2D eigenvalue weighted by molar-refractivity contribution is 4.91. The molecule has 1 saturated carbocycles. The summed E-state index contributed by atoms with van der Waals surface area (Å²) in [4.78, 5) is 0. The monoisotopic (exact) mass is 198 g/mol. The average Bonchev–Trinajstić information content (AvgIpc) is 2.14. The second-order valence-electron chi connectivity index (χ2n) is 5.31. The van der Waals surface area contributed by atoms with Crippen LogP contribution < -0.4 is 0 Å². The normalized spacial score (nSPS) is 39.0. The zero-order valence-electron chi connectivity index (χ0n) is 10.2. The van der Waals surface area contributed by atoms with E-state index in [1.807, 2.05) is 0 Å². The Kier molecular flexibility index (Phi) is 4.00. The van der Waals surface area contributed by atoms with Crippen LogP contribution >= 0.6 is 0 Å². The zero-order chi connectivity index (χ0) is 10.8. The smallest absolute Gasteiger partial charge is 0.0678 e. The number of hydrogen-bond donors (Lipinski definition) is 1. The molecule has 1 aliphatic rings. The fourth-order valence-electron chi connectivity index (χ4n) is 3.04. The quantitative estimate of drug-likeness (QED) is 0.734. The van der Waals surface area contributed by atoms with Gasteiger partial charge in [0, 0.05) is 0 Å². The summed E-state index contributed by atoms with van der Waals surface area (Å²) >= 11 is 0. The van der Waals surface area contributed by atoms with E-state index in [1.54, 1.807) is 0 Å². The molecule has 0 aliphatic heterocycles. The van der Waals surface area contributed by atoms with Crippen molar-refractivity contribution in [1.82, 2.24) is 0 Å². The van der Waals surface area contributed by atoms with Crippen LogP contribution in [0.1, 0.15) is 59.8 Å². The SMILES string of the molecule is CCC(CC)C1(O)CCC(C)C(C)C1. The van der Waals surface area contributed by atoms with E-state index >= 15 is 0 Å². The van der Waals surface area contributed by atoms with Gasteiger partial charge in [-0.1, -0.05) is 40.5 Å². The second kappa shape index (κ2) is 4.65. The lowest BCUT2D eigenvalue weighted by Gasteiger charge is -2.43. The molecule has 0 spiro atoms. The van der Waals surface area contributed by atoms with Crippen molar-refractivity contribution >= 4 is 0 Å². The molecule has 14 heavy (non-hydrogen) atoms. The molecule has 1 heteroatoms. The van der Waals surface area contributed by atoms with E-state index in [1.165, 1.54) is 6.42 Å². The highest BCUT2D eigenvalue weighted by Crippen LogP contribution is 2.42. The van der Waals surface area contributed by atoms with Crippen LogP contribution in [0.15, 0.2) is 0 Å². The second-order valence-corrected chi connectivity index (χ2v) is 5.31. The van der Waals surface area contributed by atoms with Gasteiger partial charge >= 0.3 is 0 Å². The third-order valence-electron chi connectivity index (χ3n) is 4.42. The van der Waals surface area contributed by atoms with E-state index in [2.05, 4.69) is 27.7 Å². The first-order chi connectivity index (χ1) is 6.53. The van der Waals surface area contributed by atoms with Crippen molar-refractivity contribution < 1.29 is 5.11 Å². The number of hydrogen-bond acceptors (Lipinski definition) is 1. The predicted octanol–water partition coefficient (Wildman–Crippen LogP) is 3.61. The summed E-state index contributed by atoms with van der Waals surface area (Å²) in [6, 6.07) is 0. The Balaban J connectivity index is 2.65. The molecule has 3 atom stereocenters. The molecule has 0 radical (unpaired) electrons.